The fraction of sp³-hybridized carbons (Fsp3) is 0.333. The Morgan fingerprint density at radius 2 is 1.82 bits per heavy atom. The van der Waals surface area contributed by atoms with Gasteiger partial charge >= 0.3 is 0 Å². The summed E-state index contributed by atoms with van der Waals surface area (Å²) in [7, 11) is 0. The lowest BCUT2D eigenvalue weighted by molar-refractivity contribution is 0.317. The summed E-state index contributed by atoms with van der Waals surface area (Å²) in [5.41, 5.74) is 2.35. The van der Waals surface area contributed by atoms with Crippen molar-refractivity contribution >= 4 is 23.2 Å². The van der Waals surface area contributed by atoms with Crippen LogP contribution in [0.2, 0.25) is 10.0 Å². The predicted octanol–water partition coefficient (Wildman–Crippen LogP) is 5.11. The number of nitrogens with one attached hydrogen (secondary N) is 1. The van der Waals surface area contributed by atoms with Crippen LogP contribution in [0.15, 0.2) is 42.5 Å². The van der Waals surface area contributed by atoms with Crippen LogP contribution in [0.1, 0.15) is 24.5 Å². The number of hydrogen-bond donors (Lipinski definition) is 1. The van der Waals surface area contributed by atoms with Crippen LogP contribution in [0, 0.1) is 0 Å². The topological polar surface area (TPSA) is 21.3 Å². The zero-order valence-corrected chi connectivity index (χ0v) is 14.3. The lowest BCUT2D eigenvalue weighted by Gasteiger charge is -2.08. The minimum absolute atomic E-state index is 0.673. The van der Waals surface area contributed by atoms with Crippen LogP contribution in [-0.2, 0) is 13.0 Å². The Labute approximate surface area is 142 Å². The van der Waals surface area contributed by atoms with Crippen LogP contribution >= 0.6 is 23.2 Å². The molecule has 2 rings (SSSR count). The molecular weight excluding hydrogens is 317 g/mol. The highest BCUT2D eigenvalue weighted by Crippen LogP contribution is 2.21. The lowest BCUT2D eigenvalue weighted by Crippen LogP contribution is -2.16. The Morgan fingerprint density at radius 1 is 1.05 bits per heavy atom. The van der Waals surface area contributed by atoms with E-state index in [0.717, 1.165) is 48.9 Å². The Bertz CT molecular complexity index is 584. The minimum Gasteiger partial charge on any atom is -0.494 e. The smallest absolute Gasteiger partial charge is 0.119 e. The molecule has 0 saturated carbocycles. The Balaban J connectivity index is 1.74. The van der Waals surface area contributed by atoms with Gasteiger partial charge in [-0.05, 0) is 54.8 Å². The second-order valence-corrected chi connectivity index (χ2v) is 6.00. The highest BCUT2D eigenvalue weighted by molar-refractivity contribution is 6.35. The summed E-state index contributed by atoms with van der Waals surface area (Å²) < 4.78 is 5.57. The summed E-state index contributed by atoms with van der Waals surface area (Å²) >= 11 is 12.1. The molecule has 22 heavy (non-hydrogen) atoms. The first kappa shape index (κ1) is 17.1. The van der Waals surface area contributed by atoms with Gasteiger partial charge in [-0.2, -0.15) is 0 Å². The normalized spacial score (nSPS) is 10.7. The molecule has 1 N–H and O–H groups in total. The van der Waals surface area contributed by atoms with Gasteiger partial charge in [0.1, 0.15) is 5.75 Å². The summed E-state index contributed by atoms with van der Waals surface area (Å²) in [5, 5.41) is 4.82. The molecule has 118 valence electrons. The summed E-state index contributed by atoms with van der Waals surface area (Å²) in [5.74, 6) is 0.929. The molecule has 0 saturated heterocycles. The van der Waals surface area contributed by atoms with Crippen molar-refractivity contribution in [3.05, 3.63) is 63.6 Å². The second-order valence-electron chi connectivity index (χ2n) is 5.15. The molecule has 2 aromatic carbocycles. The summed E-state index contributed by atoms with van der Waals surface area (Å²) in [4.78, 5) is 0. The molecule has 0 aromatic heterocycles. The van der Waals surface area contributed by atoms with Gasteiger partial charge in [-0.3, -0.25) is 0 Å². The maximum Gasteiger partial charge on any atom is 0.119 e. The van der Waals surface area contributed by atoms with E-state index < -0.39 is 0 Å². The average molecular weight is 338 g/mol. The Hall–Kier alpha value is -1.22. The number of rotatable bonds is 8. The number of halogens is 2. The minimum atomic E-state index is 0.673. The molecule has 0 fully saturated rings. The van der Waals surface area contributed by atoms with E-state index in [1.54, 1.807) is 6.07 Å². The van der Waals surface area contributed by atoms with Gasteiger partial charge in [-0.15, -0.1) is 0 Å². The maximum absolute atomic E-state index is 6.16. The molecule has 0 aliphatic rings. The van der Waals surface area contributed by atoms with Gasteiger partial charge in [0.25, 0.3) is 0 Å². The van der Waals surface area contributed by atoms with Crippen molar-refractivity contribution in [2.75, 3.05) is 13.2 Å². The summed E-state index contributed by atoms with van der Waals surface area (Å²) in [6.45, 7) is 4.57. The van der Waals surface area contributed by atoms with E-state index in [4.69, 9.17) is 27.9 Å². The van der Waals surface area contributed by atoms with Crippen molar-refractivity contribution in [2.45, 2.75) is 26.3 Å². The van der Waals surface area contributed by atoms with Gasteiger partial charge in [0.15, 0.2) is 0 Å². The summed E-state index contributed by atoms with van der Waals surface area (Å²) in [6, 6.07) is 13.9. The van der Waals surface area contributed by atoms with E-state index in [9.17, 15) is 0 Å². The van der Waals surface area contributed by atoms with E-state index >= 15 is 0 Å². The van der Waals surface area contributed by atoms with Gasteiger partial charge in [0, 0.05) is 16.6 Å². The third kappa shape index (κ3) is 5.53. The first-order valence-electron chi connectivity index (χ1n) is 7.55. The van der Waals surface area contributed by atoms with E-state index in [0.29, 0.717) is 5.02 Å². The zero-order chi connectivity index (χ0) is 15.8. The predicted molar refractivity (Wildman–Crippen MR) is 94.1 cm³/mol. The first-order valence-corrected chi connectivity index (χ1v) is 8.31. The number of hydrogen-bond acceptors (Lipinski definition) is 2. The molecule has 0 unspecified atom stereocenters. The van der Waals surface area contributed by atoms with Gasteiger partial charge in [0.05, 0.1) is 6.61 Å². The molecular formula is C18H21Cl2NO. The van der Waals surface area contributed by atoms with Crippen molar-refractivity contribution in [3.63, 3.8) is 0 Å². The van der Waals surface area contributed by atoms with E-state index in [-0.39, 0.29) is 0 Å². The van der Waals surface area contributed by atoms with Crippen LogP contribution in [0.25, 0.3) is 0 Å². The van der Waals surface area contributed by atoms with E-state index in [1.165, 1.54) is 5.56 Å². The van der Waals surface area contributed by atoms with Crippen LogP contribution in [-0.4, -0.2) is 13.2 Å². The maximum atomic E-state index is 6.16. The molecule has 2 aromatic rings. The van der Waals surface area contributed by atoms with Crippen LogP contribution < -0.4 is 10.1 Å². The van der Waals surface area contributed by atoms with Gasteiger partial charge in [-0.1, -0.05) is 48.3 Å². The molecule has 0 atom stereocenters. The molecule has 0 heterocycles. The second kappa shape index (κ2) is 9.04. The molecule has 4 heteroatoms. The molecule has 2 nitrogen and oxygen atoms in total. The fourth-order valence-electron chi connectivity index (χ4n) is 2.10. The van der Waals surface area contributed by atoms with Crippen molar-refractivity contribution in [1.29, 1.82) is 0 Å². The number of benzene rings is 2. The fourth-order valence-corrected chi connectivity index (χ4v) is 2.61. The molecule has 0 radical (unpaired) electrons. The van der Waals surface area contributed by atoms with Crippen molar-refractivity contribution in [3.8, 4) is 5.75 Å². The van der Waals surface area contributed by atoms with Crippen LogP contribution in [0.4, 0.5) is 0 Å². The van der Waals surface area contributed by atoms with Gasteiger partial charge in [-0.25, -0.2) is 0 Å². The van der Waals surface area contributed by atoms with E-state index in [2.05, 4.69) is 24.4 Å². The lowest BCUT2D eigenvalue weighted by atomic mass is 10.1. The van der Waals surface area contributed by atoms with Crippen LogP contribution in [0.5, 0.6) is 5.75 Å². The van der Waals surface area contributed by atoms with Gasteiger partial charge in [0.2, 0.25) is 0 Å². The first-order chi connectivity index (χ1) is 10.7. The highest BCUT2D eigenvalue weighted by atomic mass is 35.5. The van der Waals surface area contributed by atoms with E-state index in [1.807, 2.05) is 24.3 Å². The molecule has 0 spiro atoms. The van der Waals surface area contributed by atoms with Crippen molar-refractivity contribution in [1.82, 2.24) is 5.32 Å². The molecule has 0 amide bonds. The quantitative estimate of drug-likeness (QED) is 0.675. The summed E-state index contributed by atoms with van der Waals surface area (Å²) in [6.07, 6.45) is 1.91. The molecule has 0 aliphatic carbocycles. The molecule has 0 bridgehead atoms. The van der Waals surface area contributed by atoms with Crippen LogP contribution in [0.3, 0.4) is 0 Å². The van der Waals surface area contributed by atoms with Gasteiger partial charge < -0.3 is 10.1 Å². The highest BCUT2D eigenvalue weighted by Gasteiger charge is 2.01. The Morgan fingerprint density at radius 3 is 2.50 bits per heavy atom. The monoisotopic (exact) mass is 337 g/mol. The van der Waals surface area contributed by atoms with Crippen molar-refractivity contribution in [2.24, 2.45) is 0 Å². The molecule has 0 aliphatic heterocycles. The largest absolute Gasteiger partial charge is 0.494 e. The third-order valence-electron chi connectivity index (χ3n) is 3.31. The number of ether oxygens (including phenoxy) is 1. The third-order valence-corrected chi connectivity index (χ3v) is 3.90. The Kier molecular flexibility index (Phi) is 7.04. The van der Waals surface area contributed by atoms with Crippen molar-refractivity contribution < 1.29 is 4.74 Å². The SMILES string of the molecule is CCCOc1ccc(CNCCc2ccc(Cl)cc2Cl)cc1. The zero-order valence-electron chi connectivity index (χ0n) is 12.7. The average Bonchev–Trinajstić information content (AvgIpc) is 2.52. The standard InChI is InChI=1S/C18H21Cl2NO/c1-2-11-22-17-7-3-14(4-8-17)13-21-10-9-15-5-6-16(19)12-18(15)20/h3-8,12,21H,2,9-11,13H2,1H3.